The minimum absolute atomic E-state index is 0.340. The van der Waals surface area contributed by atoms with Gasteiger partial charge in [-0.1, -0.05) is 17.7 Å². The number of thiophene rings is 1. The van der Waals surface area contributed by atoms with E-state index in [4.69, 9.17) is 17.3 Å². The first-order valence-electron chi connectivity index (χ1n) is 4.53. The Morgan fingerprint density at radius 3 is 2.69 bits per heavy atom. The van der Waals surface area contributed by atoms with E-state index in [9.17, 15) is 4.39 Å². The lowest BCUT2D eigenvalue weighted by Crippen LogP contribution is -2.13. The zero-order chi connectivity index (χ0) is 11.7. The number of hydrogen-bond donors (Lipinski definition) is 1. The molecule has 84 valence electrons. The fourth-order valence-corrected chi connectivity index (χ4v) is 3.38. The molecule has 0 saturated heterocycles. The summed E-state index contributed by atoms with van der Waals surface area (Å²) < 4.78 is 14.5. The van der Waals surface area contributed by atoms with E-state index in [1.807, 2.05) is 11.4 Å². The summed E-state index contributed by atoms with van der Waals surface area (Å²) in [7, 11) is 0. The Kier molecular flexibility index (Phi) is 3.64. The Hall–Kier alpha value is -0.420. The molecule has 1 nitrogen and oxygen atoms in total. The zero-order valence-corrected chi connectivity index (χ0v) is 11.2. The average molecular weight is 321 g/mol. The Morgan fingerprint density at radius 1 is 1.38 bits per heavy atom. The van der Waals surface area contributed by atoms with Gasteiger partial charge < -0.3 is 5.73 Å². The molecule has 5 heteroatoms. The molecule has 0 radical (unpaired) electrons. The van der Waals surface area contributed by atoms with Gasteiger partial charge in [-0.2, -0.15) is 0 Å². The number of benzene rings is 1. The topological polar surface area (TPSA) is 26.0 Å². The van der Waals surface area contributed by atoms with E-state index in [-0.39, 0.29) is 5.82 Å². The predicted molar refractivity (Wildman–Crippen MR) is 69.5 cm³/mol. The molecule has 2 N–H and O–H groups in total. The van der Waals surface area contributed by atoms with Crippen LogP contribution in [-0.2, 0) is 0 Å². The van der Waals surface area contributed by atoms with Crippen LogP contribution in [0.4, 0.5) is 4.39 Å². The number of nitrogens with two attached hydrogens (primary N) is 1. The summed E-state index contributed by atoms with van der Waals surface area (Å²) in [6.45, 7) is 0. The minimum atomic E-state index is -0.539. The molecule has 0 aliphatic heterocycles. The van der Waals surface area contributed by atoms with E-state index in [1.54, 1.807) is 12.1 Å². The molecule has 1 heterocycles. The van der Waals surface area contributed by atoms with E-state index >= 15 is 0 Å². The van der Waals surface area contributed by atoms with E-state index in [0.717, 1.165) is 9.35 Å². The van der Waals surface area contributed by atoms with Crippen LogP contribution in [0, 0.1) is 5.82 Å². The highest BCUT2D eigenvalue weighted by Gasteiger charge is 2.19. The summed E-state index contributed by atoms with van der Waals surface area (Å²) in [5.74, 6) is -0.375. The monoisotopic (exact) mass is 319 g/mol. The van der Waals surface area contributed by atoms with Crippen molar-refractivity contribution in [2.45, 2.75) is 6.04 Å². The van der Waals surface area contributed by atoms with Gasteiger partial charge in [0.2, 0.25) is 0 Å². The molecule has 0 amide bonds. The summed E-state index contributed by atoms with van der Waals surface area (Å²) in [4.78, 5) is 0.868. The molecule has 2 aromatic rings. The maximum atomic E-state index is 13.6. The first kappa shape index (κ1) is 12.0. The van der Waals surface area contributed by atoms with E-state index < -0.39 is 6.04 Å². The lowest BCUT2D eigenvalue weighted by atomic mass is 10.1. The van der Waals surface area contributed by atoms with Crippen molar-refractivity contribution in [1.82, 2.24) is 0 Å². The molecular weight excluding hydrogens is 313 g/mol. The molecule has 0 fully saturated rings. The molecule has 0 bridgehead atoms. The molecule has 16 heavy (non-hydrogen) atoms. The van der Waals surface area contributed by atoms with Crippen LogP contribution < -0.4 is 5.73 Å². The van der Waals surface area contributed by atoms with Crippen LogP contribution in [0.2, 0.25) is 5.02 Å². The molecule has 0 aliphatic carbocycles. The molecule has 1 aromatic heterocycles. The average Bonchev–Trinajstić information content (AvgIpc) is 2.64. The summed E-state index contributed by atoms with van der Waals surface area (Å²) in [6, 6.07) is 5.92. The van der Waals surface area contributed by atoms with Gasteiger partial charge in [0.05, 0.1) is 6.04 Å². The Balaban J connectivity index is 2.49. The highest BCUT2D eigenvalue weighted by atomic mass is 79.9. The van der Waals surface area contributed by atoms with Crippen molar-refractivity contribution in [2.24, 2.45) is 5.73 Å². The minimum Gasteiger partial charge on any atom is -0.319 e. The number of halogens is 3. The maximum Gasteiger partial charge on any atom is 0.129 e. The molecule has 0 spiro atoms. The maximum absolute atomic E-state index is 13.6. The van der Waals surface area contributed by atoms with E-state index in [0.29, 0.717) is 10.6 Å². The number of hydrogen-bond acceptors (Lipinski definition) is 2. The van der Waals surface area contributed by atoms with Crippen LogP contribution in [-0.4, -0.2) is 0 Å². The summed E-state index contributed by atoms with van der Waals surface area (Å²) in [5, 5.41) is 2.25. The van der Waals surface area contributed by atoms with Crippen LogP contribution in [0.15, 0.2) is 34.1 Å². The Bertz CT molecular complexity index is 494. The van der Waals surface area contributed by atoms with Crippen molar-refractivity contribution >= 4 is 38.9 Å². The van der Waals surface area contributed by atoms with Crippen LogP contribution in [0.3, 0.4) is 0 Å². The van der Waals surface area contributed by atoms with Crippen molar-refractivity contribution in [2.75, 3.05) is 0 Å². The summed E-state index contributed by atoms with van der Waals surface area (Å²) in [5.41, 5.74) is 6.36. The second-order valence-electron chi connectivity index (χ2n) is 3.25. The van der Waals surface area contributed by atoms with E-state index in [2.05, 4.69) is 15.9 Å². The third-order valence-electron chi connectivity index (χ3n) is 2.24. The molecular formula is C11H8BrClFNS. The van der Waals surface area contributed by atoms with E-state index in [1.165, 1.54) is 17.4 Å². The first-order chi connectivity index (χ1) is 7.61. The first-order valence-corrected chi connectivity index (χ1v) is 6.58. The third-order valence-corrected chi connectivity index (χ3v) is 4.52. The zero-order valence-electron chi connectivity index (χ0n) is 8.08. The van der Waals surface area contributed by atoms with Crippen molar-refractivity contribution in [3.05, 3.63) is 55.4 Å². The highest BCUT2D eigenvalue weighted by molar-refractivity contribution is 9.10. The highest BCUT2D eigenvalue weighted by Crippen LogP contribution is 2.35. The lowest BCUT2D eigenvalue weighted by Gasteiger charge is -2.13. The second-order valence-corrected chi connectivity index (χ2v) is 5.46. The van der Waals surface area contributed by atoms with Gasteiger partial charge in [0.15, 0.2) is 0 Å². The van der Waals surface area contributed by atoms with Gasteiger partial charge in [0.25, 0.3) is 0 Å². The molecule has 0 aliphatic rings. The standard InChI is InChI=1S/C11H8BrClFNS/c12-6-4-5-16-11(6)10(15)9-7(13)2-1-3-8(9)14/h1-5,10H,15H2. The van der Waals surface area contributed by atoms with Crippen LogP contribution in [0.1, 0.15) is 16.5 Å². The van der Waals surface area contributed by atoms with Gasteiger partial charge in [0, 0.05) is 19.9 Å². The molecule has 1 unspecified atom stereocenters. The summed E-state index contributed by atoms with van der Waals surface area (Å²) >= 11 is 10.8. The molecule has 2 rings (SSSR count). The van der Waals surface area contributed by atoms with Crippen LogP contribution in [0.5, 0.6) is 0 Å². The third kappa shape index (κ3) is 2.15. The SMILES string of the molecule is NC(c1sccc1Br)c1c(F)cccc1Cl. The fourth-order valence-electron chi connectivity index (χ4n) is 1.47. The largest absolute Gasteiger partial charge is 0.319 e. The smallest absolute Gasteiger partial charge is 0.129 e. The fraction of sp³-hybridized carbons (Fsp3) is 0.0909. The number of rotatable bonds is 2. The van der Waals surface area contributed by atoms with Gasteiger partial charge in [-0.25, -0.2) is 4.39 Å². The van der Waals surface area contributed by atoms with Crippen LogP contribution >= 0.6 is 38.9 Å². The van der Waals surface area contributed by atoms with Crippen molar-refractivity contribution < 1.29 is 4.39 Å². The predicted octanol–water partition coefficient (Wildman–Crippen LogP) is 4.35. The van der Waals surface area contributed by atoms with Gasteiger partial charge in [-0.3, -0.25) is 0 Å². The molecule has 0 saturated carbocycles. The molecule has 1 aromatic carbocycles. The normalized spacial score (nSPS) is 12.8. The lowest BCUT2D eigenvalue weighted by molar-refractivity contribution is 0.601. The molecule has 1 atom stereocenters. The van der Waals surface area contributed by atoms with Crippen molar-refractivity contribution in [3.8, 4) is 0 Å². The summed E-state index contributed by atoms with van der Waals surface area (Å²) in [6.07, 6.45) is 0. The Morgan fingerprint density at radius 2 is 2.12 bits per heavy atom. The Labute approximate surface area is 110 Å². The van der Waals surface area contributed by atoms with Gasteiger partial charge >= 0.3 is 0 Å². The van der Waals surface area contributed by atoms with Gasteiger partial charge in [0.1, 0.15) is 5.82 Å². The van der Waals surface area contributed by atoms with Crippen LogP contribution in [0.25, 0.3) is 0 Å². The van der Waals surface area contributed by atoms with Gasteiger partial charge in [-0.05, 0) is 39.5 Å². The van der Waals surface area contributed by atoms with Crippen molar-refractivity contribution in [1.29, 1.82) is 0 Å². The van der Waals surface area contributed by atoms with Gasteiger partial charge in [-0.15, -0.1) is 11.3 Å². The quantitative estimate of drug-likeness (QED) is 0.874. The van der Waals surface area contributed by atoms with Crippen molar-refractivity contribution in [3.63, 3.8) is 0 Å². The second kappa shape index (κ2) is 4.84.